The van der Waals surface area contributed by atoms with Crippen molar-refractivity contribution in [2.75, 3.05) is 5.32 Å². The smallest absolute Gasteiger partial charge is 0.126 e. The van der Waals surface area contributed by atoms with Crippen LogP contribution in [-0.2, 0) is 0 Å². The predicted molar refractivity (Wildman–Crippen MR) is 71.5 cm³/mol. The normalized spacial score (nSPS) is 12.2. The van der Waals surface area contributed by atoms with Gasteiger partial charge in [-0.05, 0) is 31.2 Å². The number of aromatic hydroxyl groups is 1. The molecule has 1 unspecified atom stereocenters. The number of hydrogen-bond donors (Lipinski definition) is 2. The molecule has 0 radical (unpaired) electrons. The molecule has 0 aromatic heterocycles. The summed E-state index contributed by atoms with van der Waals surface area (Å²) in [4.78, 5) is 0. The molecule has 2 aromatic carbocycles. The minimum atomic E-state index is -0.506. The second-order valence-corrected chi connectivity index (χ2v) is 4.60. The molecule has 2 N–H and O–H groups in total. The number of hydrogen-bond acceptors (Lipinski definition) is 2. The van der Waals surface area contributed by atoms with E-state index in [-0.39, 0.29) is 16.8 Å². The third kappa shape index (κ3) is 3.15. The summed E-state index contributed by atoms with van der Waals surface area (Å²) in [6.07, 6.45) is 0. The fraction of sp³-hybridized carbons (Fsp3) is 0.143. The van der Waals surface area contributed by atoms with Gasteiger partial charge in [0.25, 0.3) is 0 Å². The van der Waals surface area contributed by atoms with Gasteiger partial charge in [0.1, 0.15) is 17.4 Å². The molecule has 0 saturated carbocycles. The maximum Gasteiger partial charge on any atom is 0.126 e. The fourth-order valence-corrected chi connectivity index (χ4v) is 2.02. The largest absolute Gasteiger partial charge is 0.507 e. The van der Waals surface area contributed by atoms with Crippen LogP contribution in [0.2, 0.25) is 5.02 Å². The van der Waals surface area contributed by atoms with Crippen molar-refractivity contribution in [2.45, 2.75) is 13.0 Å². The van der Waals surface area contributed by atoms with E-state index >= 15 is 0 Å². The Morgan fingerprint density at radius 1 is 1.11 bits per heavy atom. The first kappa shape index (κ1) is 13.6. The third-order valence-corrected chi connectivity index (χ3v) is 3.07. The summed E-state index contributed by atoms with van der Waals surface area (Å²) in [5.41, 5.74) is 1.07. The minimum absolute atomic E-state index is 0.141. The van der Waals surface area contributed by atoms with Crippen molar-refractivity contribution in [1.82, 2.24) is 0 Å². The van der Waals surface area contributed by atoms with Gasteiger partial charge >= 0.3 is 0 Å². The van der Waals surface area contributed by atoms with Gasteiger partial charge in [-0.15, -0.1) is 0 Å². The van der Waals surface area contributed by atoms with Crippen LogP contribution in [0.15, 0.2) is 36.4 Å². The quantitative estimate of drug-likeness (QED) is 0.869. The number of benzene rings is 2. The first-order valence-corrected chi connectivity index (χ1v) is 6.05. The predicted octanol–water partition coefficient (Wildman–Crippen LogP) is 4.50. The highest BCUT2D eigenvalue weighted by molar-refractivity contribution is 6.33. The molecule has 5 heteroatoms. The van der Waals surface area contributed by atoms with E-state index in [1.54, 1.807) is 6.92 Å². The van der Waals surface area contributed by atoms with Crippen LogP contribution in [0.4, 0.5) is 14.5 Å². The first-order valence-electron chi connectivity index (χ1n) is 5.67. The molecule has 1 atom stereocenters. The minimum Gasteiger partial charge on any atom is -0.507 e. The van der Waals surface area contributed by atoms with Crippen molar-refractivity contribution in [3.63, 3.8) is 0 Å². The molecule has 0 amide bonds. The summed E-state index contributed by atoms with van der Waals surface area (Å²) in [7, 11) is 0. The number of phenolic OH excluding ortho intramolecular Hbond substituents is 1. The highest BCUT2D eigenvalue weighted by Crippen LogP contribution is 2.30. The monoisotopic (exact) mass is 283 g/mol. The molecule has 2 nitrogen and oxygen atoms in total. The summed E-state index contributed by atoms with van der Waals surface area (Å²) in [6, 6.07) is 7.48. The van der Waals surface area contributed by atoms with Gasteiger partial charge in [-0.25, -0.2) is 8.78 Å². The van der Waals surface area contributed by atoms with E-state index in [0.29, 0.717) is 11.3 Å². The van der Waals surface area contributed by atoms with Gasteiger partial charge in [0.05, 0.1) is 16.8 Å². The summed E-state index contributed by atoms with van der Waals surface area (Å²) >= 11 is 5.90. The van der Waals surface area contributed by atoms with Crippen molar-refractivity contribution in [2.24, 2.45) is 0 Å². The zero-order valence-corrected chi connectivity index (χ0v) is 10.9. The Morgan fingerprint density at radius 3 is 2.37 bits per heavy atom. The van der Waals surface area contributed by atoms with Gasteiger partial charge in [-0.1, -0.05) is 17.7 Å². The lowest BCUT2D eigenvalue weighted by Gasteiger charge is -2.17. The fourth-order valence-electron chi connectivity index (χ4n) is 1.80. The average molecular weight is 284 g/mol. The van der Waals surface area contributed by atoms with Gasteiger partial charge in [-0.2, -0.15) is 0 Å². The lowest BCUT2D eigenvalue weighted by Crippen LogP contribution is -2.07. The standard InChI is InChI=1S/C14H12ClF2NO/c1-8(11-4-2-10(17)7-14(11)19)18-13-5-3-9(16)6-12(13)15/h2-8,18-19H,1H3. The summed E-state index contributed by atoms with van der Waals surface area (Å²) < 4.78 is 25.8. The molecule has 2 rings (SSSR count). The lowest BCUT2D eigenvalue weighted by molar-refractivity contribution is 0.459. The van der Waals surface area contributed by atoms with Crippen molar-refractivity contribution in [3.8, 4) is 5.75 Å². The molecule has 0 aliphatic heterocycles. The number of halogens is 3. The lowest BCUT2D eigenvalue weighted by atomic mass is 10.1. The molecule has 0 saturated heterocycles. The van der Waals surface area contributed by atoms with E-state index in [1.807, 2.05) is 0 Å². The number of phenols is 1. The van der Waals surface area contributed by atoms with Gasteiger partial charge in [0.2, 0.25) is 0 Å². The molecule has 0 fully saturated rings. The van der Waals surface area contributed by atoms with Crippen LogP contribution in [0.3, 0.4) is 0 Å². The Kier molecular flexibility index (Phi) is 3.90. The Morgan fingerprint density at radius 2 is 1.74 bits per heavy atom. The van der Waals surface area contributed by atoms with Gasteiger partial charge in [-0.3, -0.25) is 0 Å². The second kappa shape index (κ2) is 5.45. The van der Waals surface area contributed by atoms with Crippen molar-refractivity contribution in [3.05, 3.63) is 58.6 Å². The highest BCUT2D eigenvalue weighted by atomic mass is 35.5. The van der Waals surface area contributed by atoms with Crippen molar-refractivity contribution >= 4 is 17.3 Å². The molecule has 0 heterocycles. The van der Waals surface area contributed by atoms with Crippen molar-refractivity contribution < 1.29 is 13.9 Å². The number of nitrogens with one attached hydrogen (secondary N) is 1. The Hall–Kier alpha value is -1.81. The average Bonchev–Trinajstić information content (AvgIpc) is 2.32. The van der Waals surface area contributed by atoms with Gasteiger partial charge < -0.3 is 10.4 Å². The van der Waals surface area contributed by atoms with Crippen LogP contribution in [0, 0.1) is 11.6 Å². The summed E-state index contributed by atoms with van der Waals surface area (Å²) in [6.45, 7) is 1.78. The van der Waals surface area contributed by atoms with E-state index in [1.165, 1.54) is 30.3 Å². The van der Waals surface area contributed by atoms with Gasteiger partial charge in [0, 0.05) is 11.6 Å². The zero-order valence-electron chi connectivity index (χ0n) is 10.1. The highest BCUT2D eigenvalue weighted by Gasteiger charge is 2.12. The van der Waals surface area contributed by atoms with E-state index in [4.69, 9.17) is 11.6 Å². The molecule has 100 valence electrons. The van der Waals surface area contributed by atoms with E-state index in [2.05, 4.69) is 5.32 Å². The number of rotatable bonds is 3. The van der Waals surface area contributed by atoms with Crippen molar-refractivity contribution in [1.29, 1.82) is 0 Å². The maximum absolute atomic E-state index is 12.9. The van der Waals surface area contributed by atoms with E-state index in [0.717, 1.165) is 6.07 Å². The first-order chi connectivity index (χ1) is 8.97. The Bertz CT molecular complexity index is 604. The molecular weight excluding hydrogens is 272 g/mol. The summed E-state index contributed by atoms with van der Waals surface area (Å²) in [5.74, 6) is -1.07. The SMILES string of the molecule is CC(Nc1ccc(F)cc1Cl)c1ccc(F)cc1O. The Labute approximate surface area is 114 Å². The van der Waals surface area contributed by atoms with Crippen LogP contribution in [0.25, 0.3) is 0 Å². The van der Waals surface area contributed by atoms with E-state index < -0.39 is 11.6 Å². The Balaban J connectivity index is 2.23. The number of anilines is 1. The molecule has 19 heavy (non-hydrogen) atoms. The molecule has 0 aliphatic rings. The van der Waals surface area contributed by atoms with Crippen LogP contribution < -0.4 is 5.32 Å². The summed E-state index contributed by atoms with van der Waals surface area (Å²) in [5, 5.41) is 13.0. The molecule has 2 aromatic rings. The van der Waals surface area contributed by atoms with Crippen LogP contribution in [0.1, 0.15) is 18.5 Å². The van der Waals surface area contributed by atoms with Gasteiger partial charge in [0.15, 0.2) is 0 Å². The maximum atomic E-state index is 12.9. The molecule has 0 bridgehead atoms. The molecular formula is C14H12ClF2NO. The van der Waals surface area contributed by atoms with Crippen LogP contribution >= 0.6 is 11.6 Å². The van der Waals surface area contributed by atoms with E-state index in [9.17, 15) is 13.9 Å². The molecule has 0 aliphatic carbocycles. The third-order valence-electron chi connectivity index (χ3n) is 2.76. The zero-order chi connectivity index (χ0) is 14.0. The topological polar surface area (TPSA) is 32.3 Å². The van der Waals surface area contributed by atoms with Crippen LogP contribution in [-0.4, -0.2) is 5.11 Å². The van der Waals surface area contributed by atoms with Crippen LogP contribution in [0.5, 0.6) is 5.75 Å². The molecule has 0 spiro atoms. The second-order valence-electron chi connectivity index (χ2n) is 4.19.